The first-order chi connectivity index (χ1) is 21.6. The van der Waals surface area contributed by atoms with Crippen molar-refractivity contribution in [2.45, 2.75) is 35.4 Å². The summed E-state index contributed by atoms with van der Waals surface area (Å²) in [7, 11) is -4.39. The number of carbonyl (C=O) groups excluding carboxylic acids is 2. The highest BCUT2D eigenvalue weighted by Gasteiger charge is 2.33. The Morgan fingerprint density at radius 1 is 0.870 bits per heavy atom. The lowest BCUT2D eigenvalue weighted by atomic mass is 10.1. The van der Waals surface area contributed by atoms with Crippen molar-refractivity contribution in [1.82, 2.24) is 5.32 Å². The minimum Gasteiger partial charge on any atom is -0.480 e. The molecule has 4 N–H and O–H groups in total. The van der Waals surface area contributed by atoms with E-state index in [2.05, 4.69) is 16.0 Å². The van der Waals surface area contributed by atoms with Crippen molar-refractivity contribution >= 4 is 62.3 Å². The largest absolute Gasteiger partial charge is 0.480 e. The Labute approximate surface area is 271 Å². The van der Waals surface area contributed by atoms with Crippen LogP contribution in [0, 0.1) is 6.92 Å². The van der Waals surface area contributed by atoms with Crippen LogP contribution < -0.4 is 16.0 Å². The molecule has 0 aliphatic heterocycles. The maximum Gasteiger partial charge on any atom is 0.416 e. The molecule has 1 atom stereocenters. The van der Waals surface area contributed by atoms with Crippen molar-refractivity contribution in [1.29, 1.82) is 0 Å². The third-order valence-electron chi connectivity index (χ3n) is 6.62. The van der Waals surface area contributed by atoms with Crippen LogP contribution >= 0.6 is 23.2 Å². The van der Waals surface area contributed by atoms with Gasteiger partial charge in [-0.2, -0.15) is 13.2 Å². The van der Waals surface area contributed by atoms with Crippen LogP contribution in [0.3, 0.4) is 0 Å². The van der Waals surface area contributed by atoms with Crippen molar-refractivity contribution < 1.29 is 41.1 Å². The number of urea groups is 1. The summed E-state index contributed by atoms with van der Waals surface area (Å²) in [5, 5.41) is 16.9. The fourth-order valence-electron chi connectivity index (χ4n) is 4.27. The van der Waals surface area contributed by atoms with Gasteiger partial charge in [0.2, 0.25) is 9.84 Å². The lowest BCUT2D eigenvalue weighted by Crippen LogP contribution is -2.44. The number of carboxylic acids is 1. The van der Waals surface area contributed by atoms with Gasteiger partial charge in [-0.3, -0.25) is 4.79 Å². The Hall–Kier alpha value is -4.59. The highest BCUT2D eigenvalue weighted by atomic mass is 35.5. The smallest absolute Gasteiger partial charge is 0.416 e. The lowest BCUT2D eigenvalue weighted by molar-refractivity contribution is -0.139. The second-order valence-electron chi connectivity index (χ2n) is 9.97. The number of sulfone groups is 1. The van der Waals surface area contributed by atoms with Crippen molar-refractivity contribution in [3.05, 3.63) is 117 Å². The van der Waals surface area contributed by atoms with Gasteiger partial charge in [0.25, 0.3) is 5.91 Å². The molecule has 3 amide bonds. The van der Waals surface area contributed by atoms with E-state index in [0.717, 1.165) is 11.6 Å². The summed E-state index contributed by atoms with van der Waals surface area (Å²) in [5.41, 5.74) is -0.394. The molecule has 0 saturated heterocycles. The SMILES string of the molecule is Cc1ccc(S(=O)(=O)c2ccc(C(F)(F)F)cc2NC(=O)NC(Cc2ccc(NC(=O)c3c(Cl)cccc3Cl)cc2)C(=O)O)cc1. The van der Waals surface area contributed by atoms with Crippen molar-refractivity contribution in [2.75, 3.05) is 10.6 Å². The number of benzene rings is 4. The number of carboxylic acid groups (broad SMARTS) is 1. The van der Waals surface area contributed by atoms with Gasteiger partial charge in [-0.15, -0.1) is 0 Å². The predicted molar refractivity (Wildman–Crippen MR) is 166 cm³/mol. The molecule has 4 rings (SSSR count). The van der Waals surface area contributed by atoms with Gasteiger partial charge < -0.3 is 21.1 Å². The van der Waals surface area contributed by atoms with E-state index in [1.165, 1.54) is 60.7 Å². The maximum atomic E-state index is 13.5. The zero-order valence-electron chi connectivity index (χ0n) is 23.7. The number of aryl methyl sites for hydroxylation is 1. The summed E-state index contributed by atoms with van der Waals surface area (Å²) in [6, 6.07) is 15.0. The molecule has 4 aromatic carbocycles. The van der Waals surface area contributed by atoms with E-state index < -0.39 is 56.1 Å². The molecule has 0 aliphatic rings. The van der Waals surface area contributed by atoms with Crippen LogP contribution in [0.4, 0.5) is 29.3 Å². The van der Waals surface area contributed by atoms with E-state index >= 15 is 0 Å². The number of carbonyl (C=O) groups is 3. The Bertz CT molecular complexity index is 1880. The number of halogens is 5. The van der Waals surface area contributed by atoms with Crippen LogP contribution in [0.25, 0.3) is 0 Å². The number of aliphatic carboxylic acids is 1. The topological polar surface area (TPSA) is 142 Å². The van der Waals surface area contributed by atoms with Gasteiger partial charge >= 0.3 is 18.2 Å². The highest BCUT2D eigenvalue weighted by molar-refractivity contribution is 7.91. The molecule has 240 valence electrons. The predicted octanol–water partition coefficient (Wildman–Crippen LogP) is 7.22. The van der Waals surface area contributed by atoms with Crippen LogP contribution in [-0.2, 0) is 27.2 Å². The second-order valence-corrected chi connectivity index (χ2v) is 12.7. The summed E-state index contributed by atoms with van der Waals surface area (Å²) in [5.74, 6) is -2.05. The minimum absolute atomic E-state index is 0.0617. The van der Waals surface area contributed by atoms with Crippen molar-refractivity contribution in [3.8, 4) is 0 Å². The number of amides is 3. The second kappa shape index (κ2) is 13.8. The van der Waals surface area contributed by atoms with E-state index in [0.29, 0.717) is 23.4 Å². The van der Waals surface area contributed by atoms with Crippen LogP contribution in [-0.4, -0.2) is 37.5 Å². The van der Waals surface area contributed by atoms with E-state index in [1.54, 1.807) is 13.0 Å². The minimum atomic E-state index is -4.87. The number of anilines is 2. The standard InChI is InChI=1S/C31H24Cl2F3N3O6S/c1-17-5-12-21(13-6-17)46(44,45)26-14-9-19(31(34,35)36)16-24(26)38-30(43)39-25(29(41)42)15-18-7-10-20(11-8-18)37-28(40)27-22(32)3-2-4-23(27)33/h2-14,16,25H,15H2,1H3,(H,37,40)(H,41,42)(H2,38,39,43). The number of rotatable bonds is 9. The highest BCUT2D eigenvalue weighted by Crippen LogP contribution is 2.35. The lowest BCUT2D eigenvalue weighted by Gasteiger charge is -2.18. The zero-order valence-corrected chi connectivity index (χ0v) is 26.0. The Balaban J connectivity index is 1.52. The summed E-state index contributed by atoms with van der Waals surface area (Å²) < 4.78 is 67.1. The molecule has 46 heavy (non-hydrogen) atoms. The van der Waals surface area contributed by atoms with Crippen LogP contribution in [0.5, 0.6) is 0 Å². The summed E-state index contributed by atoms with van der Waals surface area (Å²) >= 11 is 12.1. The van der Waals surface area contributed by atoms with Gasteiger partial charge in [0.1, 0.15) is 6.04 Å². The molecule has 0 radical (unpaired) electrons. The maximum absolute atomic E-state index is 13.5. The molecule has 0 heterocycles. The molecule has 9 nitrogen and oxygen atoms in total. The molecule has 0 aromatic heterocycles. The molecule has 15 heteroatoms. The third kappa shape index (κ3) is 8.16. The number of hydrogen-bond acceptors (Lipinski definition) is 5. The van der Waals surface area contributed by atoms with Gasteiger partial charge in [0, 0.05) is 12.1 Å². The molecule has 0 aliphatic carbocycles. The number of alkyl halides is 3. The molecule has 0 fully saturated rings. The van der Waals surface area contributed by atoms with Gasteiger partial charge in [0.15, 0.2) is 0 Å². The summed E-state index contributed by atoms with van der Waals surface area (Å²) in [4.78, 5) is 36.6. The molecular weight excluding hydrogens is 670 g/mol. The molecule has 0 saturated carbocycles. The summed E-state index contributed by atoms with van der Waals surface area (Å²) in [6.45, 7) is 1.72. The van der Waals surface area contributed by atoms with E-state index in [9.17, 15) is 41.1 Å². The monoisotopic (exact) mass is 693 g/mol. The zero-order chi connectivity index (χ0) is 33.8. The summed E-state index contributed by atoms with van der Waals surface area (Å²) in [6.07, 6.45) is -5.14. The van der Waals surface area contributed by atoms with E-state index in [1.807, 2.05) is 0 Å². The fraction of sp³-hybridized carbons (Fsp3) is 0.129. The average Bonchev–Trinajstić information content (AvgIpc) is 2.97. The number of nitrogens with one attached hydrogen (secondary N) is 3. The Kier molecular flexibility index (Phi) is 10.3. The van der Waals surface area contributed by atoms with Gasteiger partial charge in [0.05, 0.1) is 36.7 Å². The molecular formula is C31H24Cl2F3N3O6S. The quantitative estimate of drug-likeness (QED) is 0.146. The van der Waals surface area contributed by atoms with Crippen LogP contribution in [0.1, 0.15) is 27.0 Å². The van der Waals surface area contributed by atoms with E-state index in [-0.39, 0.29) is 26.9 Å². The average molecular weight is 695 g/mol. The van der Waals surface area contributed by atoms with E-state index in [4.69, 9.17) is 23.2 Å². The van der Waals surface area contributed by atoms with Crippen molar-refractivity contribution in [3.63, 3.8) is 0 Å². The fourth-order valence-corrected chi connectivity index (χ4v) is 6.23. The normalized spacial score (nSPS) is 12.2. The first-order valence-electron chi connectivity index (χ1n) is 13.2. The molecule has 4 aromatic rings. The Morgan fingerprint density at radius 2 is 1.48 bits per heavy atom. The Morgan fingerprint density at radius 3 is 2.04 bits per heavy atom. The number of hydrogen-bond donors (Lipinski definition) is 4. The van der Waals surface area contributed by atoms with Crippen molar-refractivity contribution in [2.24, 2.45) is 0 Å². The van der Waals surface area contributed by atoms with Gasteiger partial charge in [-0.1, -0.05) is 59.1 Å². The van der Waals surface area contributed by atoms with Crippen LogP contribution in [0.2, 0.25) is 10.0 Å². The molecule has 0 spiro atoms. The molecule has 1 unspecified atom stereocenters. The van der Waals surface area contributed by atoms with Crippen LogP contribution in [0.15, 0.2) is 94.7 Å². The molecule has 0 bridgehead atoms. The first-order valence-corrected chi connectivity index (χ1v) is 15.5. The van der Waals surface area contributed by atoms with Gasteiger partial charge in [-0.25, -0.2) is 18.0 Å². The third-order valence-corrected chi connectivity index (χ3v) is 9.08. The first kappa shape index (κ1) is 34.3. The van der Waals surface area contributed by atoms with Gasteiger partial charge in [-0.05, 0) is 67.1 Å².